The fourth-order valence-electron chi connectivity index (χ4n) is 3.78. The van der Waals surface area contributed by atoms with Crippen molar-refractivity contribution in [2.75, 3.05) is 27.7 Å². The summed E-state index contributed by atoms with van der Waals surface area (Å²) in [6.07, 6.45) is -0.546. The van der Waals surface area contributed by atoms with Gasteiger partial charge in [0.05, 0.1) is 13.7 Å². The Hall–Kier alpha value is -4.08. The number of rotatable bonds is 5. The number of carbonyl (C=O) groups is 4. The molecule has 166 valence electrons. The fraction of sp³-hybridized carbons (Fsp3) is 0.273. The molecule has 4 rings (SSSR count). The van der Waals surface area contributed by atoms with E-state index in [-0.39, 0.29) is 18.2 Å². The standard InChI is InChI=1S/C22H22N4O6/c1-25(2)21(30)32-15-8-5-14(6-9-15)22(19(28)23-20(29)24-22)12-26-11-13-4-7-16(31-3)10-17(13)18(26)27/h4-10H,11-12H2,1-3H3,(H2,23,24,28,29)/t22-/m0/s1. The van der Waals surface area contributed by atoms with Gasteiger partial charge in [-0.1, -0.05) is 18.2 Å². The summed E-state index contributed by atoms with van der Waals surface area (Å²) in [7, 11) is 4.64. The number of ether oxygens (including phenoxy) is 2. The summed E-state index contributed by atoms with van der Waals surface area (Å²) < 4.78 is 10.4. The van der Waals surface area contributed by atoms with Crippen LogP contribution in [0, 0.1) is 0 Å². The van der Waals surface area contributed by atoms with E-state index in [2.05, 4.69) is 10.6 Å². The van der Waals surface area contributed by atoms with Crippen molar-refractivity contribution in [2.24, 2.45) is 0 Å². The lowest BCUT2D eigenvalue weighted by molar-refractivity contribution is -0.124. The van der Waals surface area contributed by atoms with Crippen LogP contribution in [0.5, 0.6) is 11.5 Å². The molecule has 2 aromatic carbocycles. The topological polar surface area (TPSA) is 117 Å². The number of hydrogen-bond acceptors (Lipinski definition) is 6. The van der Waals surface area contributed by atoms with Gasteiger partial charge in [-0.2, -0.15) is 0 Å². The van der Waals surface area contributed by atoms with Gasteiger partial charge in [-0.15, -0.1) is 0 Å². The van der Waals surface area contributed by atoms with Crippen LogP contribution in [0.4, 0.5) is 9.59 Å². The number of imide groups is 1. The Morgan fingerprint density at radius 1 is 1.09 bits per heavy atom. The Bertz CT molecular complexity index is 1110. The van der Waals surface area contributed by atoms with Gasteiger partial charge in [-0.3, -0.25) is 14.9 Å². The summed E-state index contributed by atoms with van der Waals surface area (Å²) in [5.41, 5.74) is 0.270. The van der Waals surface area contributed by atoms with E-state index in [0.29, 0.717) is 23.4 Å². The quantitative estimate of drug-likeness (QED) is 0.683. The molecule has 0 aromatic heterocycles. The van der Waals surface area contributed by atoms with Gasteiger partial charge in [-0.25, -0.2) is 9.59 Å². The highest BCUT2D eigenvalue weighted by atomic mass is 16.6. The second-order valence-corrected chi connectivity index (χ2v) is 7.78. The highest BCUT2D eigenvalue weighted by molar-refractivity contribution is 6.08. The smallest absolute Gasteiger partial charge is 0.414 e. The number of carbonyl (C=O) groups excluding carboxylic acids is 4. The molecule has 0 unspecified atom stereocenters. The minimum atomic E-state index is -1.48. The molecule has 1 fully saturated rings. The SMILES string of the molecule is COc1ccc2c(c1)C(=O)N(C[C@@]1(c3ccc(OC(=O)N(C)C)cc3)NC(=O)NC1=O)C2. The molecule has 2 aromatic rings. The third-order valence-electron chi connectivity index (χ3n) is 5.48. The second-order valence-electron chi connectivity index (χ2n) is 7.78. The van der Waals surface area contributed by atoms with Crippen molar-refractivity contribution in [1.29, 1.82) is 0 Å². The Morgan fingerprint density at radius 3 is 2.38 bits per heavy atom. The Kier molecular flexibility index (Phi) is 5.21. The number of benzene rings is 2. The summed E-state index contributed by atoms with van der Waals surface area (Å²) in [5.74, 6) is 0.0122. The van der Waals surface area contributed by atoms with Crippen LogP contribution in [0.1, 0.15) is 21.5 Å². The van der Waals surface area contributed by atoms with Crippen LogP contribution in [0.15, 0.2) is 42.5 Å². The van der Waals surface area contributed by atoms with Gasteiger partial charge in [0, 0.05) is 26.2 Å². The van der Waals surface area contributed by atoms with Crippen LogP contribution < -0.4 is 20.1 Å². The Balaban J connectivity index is 1.62. The van der Waals surface area contributed by atoms with E-state index in [0.717, 1.165) is 5.56 Å². The number of amides is 5. The maximum absolute atomic E-state index is 13.0. The lowest BCUT2D eigenvalue weighted by atomic mass is 9.89. The highest BCUT2D eigenvalue weighted by Gasteiger charge is 2.50. The van der Waals surface area contributed by atoms with Crippen molar-refractivity contribution in [3.63, 3.8) is 0 Å². The molecular weight excluding hydrogens is 416 g/mol. The first-order chi connectivity index (χ1) is 15.2. The molecule has 32 heavy (non-hydrogen) atoms. The predicted molar refractivity (Wildman–Crippen MR) is 112 cm³/mol. The number of fused-ring (bicyclic) bond motifs is 1. The zero-order valence-corrected chi connectivity index (χ0v) is 17.8. The summed E-state index contributed by atoms with van der Waals surface area (Å²) in [6.45, 7) is 0.221. The van der Waals surface area contributed by atoms with Crippen molar-refractivity contribution >= 4 is 23.9 Å². The first-order valence-electron chi connectivity index (χ1n) is 9.83. The maximum Gasteiger partial charge on any atom is 0.414 e. The second kappa shape index (κ2) is 7.88. The molecule has 5 amide bonds. The van der Waals surface area contributed by atoms with E-state index in [1.807, 2.05) is 0 Å². The summed E-state index contributed by atoms with van der Waals surface area (Å²) in [6, 6.07) is 10.8. The van der Waals surface area contributed by atoms with Gasteiger partial charge in [0.15, 0.2) is 5.54 Å². The molecule has 0 aliphatic carbocycles. The van der Waals surface area contributed by atoms with Crippen LogP contribution in [0.2, 0.25) is 0 Å². The van der Waals surface area contributed by atoms with E-state index >= 15 is 0 Å². The largest absolute Gasteiger partial charge is 0.497 e. The molecule has 2 N–H and O–H groups in total. The molecule has 2 heterocycles. The first-order valence-corrected chi connectivity index (χ1v) is 9.83. The minimum Gasteiger partial charge on any atom is -0.497 e. The van der Waals surface area contributed by atoms with E-state index in [9.17, 15) is 19.2 Å². The lowest BCUT2D eigenvalue weighted by Gasteiger charge is -2.31. The van der Waals surface area contributed by atoms with Crippen LogP contribution in [0.3, 0.4) is 0 Å². The summed E-state index contributed by atoms with van der Waals surface area (Å²) in [5, 5.41) is 4.93. The summed E-state index contributed by atoms with van der Waals surface area (Å²) >= 11 is 0. The zero-order chi connectivity index (χ0) is 23.0. The predicted octanol–water partition coefficient (Wildman–Crippen LogP) is 1.45. The molecule has 0 bridgehead atoms. The molecule has 2 aliphatic heterocycles. The maximum atomic E-state index is 13.0. The van der Waals surface area contributed by atoms with Crippen molar-refractivity contribution in [3.05, 3.63) is 59.2 Å². The number of methoxy groups -OCH3 is 1. The van der Waals surface area contributed by atoms with Gasteiger partial charge >= 0.3 is 12.1 Å². The van der Waals surface area contributed by atoms with Crippen LogP contribution >= 0.6 is 0 Å². The average Bonchev–Trinajstić information content (AvgIpc) is 3.23. The molecule has 10 nitrogen and oxygen atoms in total. The normalized spacial score (nSPS) is 19.3. The van der Waals surface area contributed by atoms with Gasteiger partial charge in [-0.05, 0) is 35.4 Å². The van der Waals surface area contributed by atoms with Crippen molar-refractivity contribution in [1.82, 2.24) is 20.4 Å². The van der Waals surface area contributed by atoms with Gasteiger partial charge < -0.3 is 24.6 Å². The molecule has 10 heteroatoms. The van der Waals surface area contributed by atoms with Crippen LogP contribution in [0.25, 0.3) is 0 Å². The Labute approximate surface area is 184 Å². The molecular formula is C22H22N4O6. The van der Waals surface area contributed by atoms with Gasteiger partial charge in [0.1, 0.15) is 11.5 Å². The third-order valence-corrected chi connectivity index (χ3v) is 5.48. The minimum absolute atomic E-state index is 0.0722. The first kappa shape index (κ1) is 21.2. The molecule has 2 aliphatic rings. The van der Waals surface area contributed by atoms with Gasteiger partial charge in [0.25, 0.3) is 11.8 Å². The molecule has 0 radical (unpaired) electrons. The average molecular weight is 438 g/mol. The number of urea groups is 1. The van der Waals surface area contributed by atoms with E-state index < -0.39 is 23.6 Å². The Morgan fingerprint density at radius 2 is 1.78 bits per heavy atom. The van der Waals surface area contributed by atoms with Crippen molar-refractivity contribution < 1.29 is 28.7 Å². The zero-order valence-electron chi connectivity index (χ0n) is 17.8. The summed E-state index contributed by atoms with van der Waals surface area (Å²) in [4.78, 5) is 52.5. The van der Waals surface area contributed by atoms with E-state index in [4.69, 9.17) is 9.47 Å². The fourth-order valence-corrected chi connectivity index (χ4v) is 3.78. The number of nitrogens with one attached hydrogen (secondary N) is 2. The molecule has 1 atom stereocenters. The van der Waals surface area contributed by atoms with Crippen molar-refractivity contribution in [3.8, 4) is 11.5 Å². The lowest BCUT2D eigenvalue weighted by Crippen LogP contribution is -2.52. The molecule has 0 saturated carbocycles. The molecule has 0 spiro atoms. The number of nitrogens with zero attached hydrogens (tertiary/aromatic N) is 2. The molecule has 1 saturated heterocycles. The van der Waals surface area contributed by atoms with Crippen molar-refractivity contribution in [2.45, 2.75) is 12.1 Å². The van der Waals surface area contributed by atoms with Gasteiger partial charge in [0.2, 0.25) is 0 Å². The highest BCUT2D eigenvalue weighted by Crippen LogP contribution is 2.33. The number of hydrogen-bond donors (Lipinski definition) is 2. The van der Waals surface area contributed by atoms with E-state index in [1.165, 1.54) is 29.0 Å². The monoisotopic (exact) mass is 438 g/mol. The third kappa shape index (κ3) is 3.59. The van der Waals surface area contributed by atoms with Crippen LogP contribution in [-0.4, -0.2) is 61.5 Å². The van der Waals surface area contributed by atoms with E-state index in [1.54, 1.807) is 44.4 Å². The van der Waals surface area contributed by atoms with Crippen LogP contribution in [-0.2, 0) is 16.9 Å².